The summed E-state index contributed by atoms with van der Waals surface area (Å²) in [7, 11) is 0. The number of carbonyl (C=O) groups excluding carboxylic acids is 1. The highest BCUT2D eigenvalue weighted by Crippen LogP contribution is 2.36. The van der Waals surface area contributed by atoms with Gasteiger partial charge >= 0.3 is 0 Å². The maximum atomic E-state index is 12.6. The first-order valence-electron chi connectivity index (χ1n) is 7.78. The minimum Gasteiger partial charge on any atom is -0.355 e. The largest absolute Gasteiger partial charge is 0.355 e. The predicted octanol–water partition coefficient (Wildman–Crippen LogP) is 2.17. The highest BCUT2D eigenvalue weighted by atomic mass is 16.5. The van der Waals surface area contributed by atoms with Gasteiger partial charge in [-0.05, 0) is 19.4 Å². The van der Waals surface area contributed by atoms with Crippen LogP contribution in [0, 0.1) is 5.41 Å². The molecule has 1 unspecified atom stereocenters. The van der Waals surface area contributed by atoms with E-state index in [4.69, 9.17) is 4.52 Å². The van der Waals surface area contributed by atoms with Crippen molar-refractivity contribution in [3.05, 3.63) is 42.1 Å². The first-order chi connectivity index (χ1) is 10.8. The van der Waals surface area contributed by atoms with Crippen molar-refractivity contribution < 1.29 is 9.32 Å². The van der Waals surface area contributed by atoms with E-state index in [-0.39, 0.29) is 11.3 Å². The number of hydrogen-bond donors (Lipinski definition) is 1. The van der Waals surface area contributed by atoms with Crippen LogP contribution in [0.4, 0.5) is 0 Å². The van der Waals surface area contributed by atoms with Crippen molar-refractivity contribution in [3.8, 4) is 11.3 Å². The summed E-state index contributed by atoms with van der Waals surface area (Å²) in [6.45, 7) is 3.72. The molecule has 0 bridgehead atoms. The Hall–Kier alpha value is -2.14. The Morgan fingerprint density at radius 1 is 1.27 bits per heavy atom. The van der Waals surface area contributed by atoms with E-state index in [1.54, 1.807) is 6.07 Å². The second-order valence-corrected chi connectivity index (χ2v) is 6.35. The molecular weight excluding hydrogens is 278 g/mol. The summed E-state index contributed by atoms with van der Waals surface area (Å²) in [5.74, 6) is 0.620. The number of nitrogens with zero attached hydrogens (tertiary/aromatic N) is 2. The van der Waals surface area contributed by atoms with Crippen LogP contribution in [-0.2, 0) is 0 Å². The Balaban J connectivity index is 1.51. The summed E-state index contributed by atoms with van der Waals surface area (Å²) >= 11 is 0. The van der Waals surface area contributed by atoms with Gasteiger partial charge in [-0.1, -0.05) is 35.5 Å². The molecule has 0 aliphatic carbocycles. The van der Waals surface area contributed by atoms with E-state index in [0.717, 1.165) is 44.6 Å². The first-order valence-corrected chi connectivity index (χ1v) is 7.78. The topological polar surface area (TPSA) is 58.4 Å². The molecule has 2 aromatic rings. The average Bonchev–Trinajstić information content (AvgIpc) is 3.30. The minimum atomic E-state index is -0.0188. The molecular formula is C17H19N3O2. The molecule has 0 radical (unpaired) electrons. The Morgan fingerprint density at radius 2 is 2.14 bits per heavy atom. The molecule has 0 saturated carbocycles. The second-order valence-electron chi connectivity index (χ2n) is 6.35. The van der Waals surface area contributed by atoms with E-state index < -0.39 is 0 Å². The lowest BCUT2D eigenvalue weighted by atomic mass is 9.87. The van der Waals surface area contributed by atoms with E-state index >= 15 is 0 Å². The van der Waals surface area contributed by atoms with E-state index in [9.17, 15) is 4.79 Å². The van der Waals surface area contributed by atoms with Gasteiger partial charge in [-0.3, -0.25) is 4.79 Å². The maximum absolute atomic E-state index is 12.6. The molecule has 2 fully saturated rings. The molecule has 114 valence electrons. The van der Waals surface area contributed by atoms with Crippen LogP contribution in [0.15, 0.2) is 40.9 Å². The van der Waals surface area contributed by atoms with E-state index in [1.807, 2.05) is 35.2 Å². The molecule has 2 aliphatic heterocycles. The predicted molar refractivity (Wildman–Crippen MR) is 82.4 cm³/mol. The van der Waals surface area contributed by atoms with Crippen molar-refractivity contribution in [2.45, 2.75) is 12.8 Å². The number of rotatable bonds is 2. The number of nitrogens with one attached hydrogen (secondary N) is 1. The van der Waals surface area contributed by atoms with Gasteiger partial charge in [-0.15, -0.1) is 0 Å². The molecule has 5 nitrogen and oxygen atoms in total. The van der Waals surface area contributed by atoms with Crippen molar-refractivity contribution in [1.82, 2.24) is 15.4 Å². The van der Waals surface area contributed by atoms with Crippen molar-refractivity contribution in [2.75, 3.05) is 26.2 Å². The van der Waals surface area contributed by atoms with Gasteiger partial charge in [0.05, 0.1) is 0 Å². The van der Waals surface area contributed by atoms with Gasteiger partial charge in [0, 0.05) is 36.7 Å². The first kappa shape index (κ1) is 13.5. The standard InChI is InChI=1S/C17H19N3O2/c21-16(20-9-7-17(12-20)6-8-18-11-17)14-10-15(22-19-14)13-4-2-1-3-5-13/h1-5,10,18H,6-9,11-12H2. The average molecular weight is 297 g/mol. The highest BCUT2D eigenvalue weighted by Gasteiger charge is 2.42. The van der Waals surface area contributed by atoms with Gasteiger partial charge < -0.3 is 14.7 Å². The summed E-state index contributed by atoms with van der Waals surface area (Å²) in [6.07, 6.45) is 2.24. The van der Waals surface area contributed by atoms with Crippen molar-refractivity contribution in [3.63, 3.8) is 0 Å². The number of carbonyl (C=O) groups is 1. The summed E-state index contributed by atoms with van der Waals surface area (Å²) in [4.78, 5) is 14.5. The lowest BCUT2D eigenvalue weighted by Crippen LogP contribution is -2.33. The van der Waals surface area contributed by atoms with Crippen LogP contribution < -0.4 is 5.32 Å². The molecule has 2 aliphatic rings. The lowest BCUT2D eigenvalue weighted by Gasteiger charge is -2.22. The van der Waals surface area contributed by atoms with Gasteiger partial charge in [0.2, 0.25) is 0 Å². The van der Waals surface area contributed by atoms with Crippen LogP contribution in [0.3, 0.4) is 0 Å². The number of aromatic nitrogens is 1. The van der Waals surface area contributed by atoms with Crippen LogP contribution in [-0.4, -0.2) is 42.1 Å². The van der Waals surface area contributed by atoms with Gasteiger partial charge in [-0.2, -0.15) is 0 Å². The van der Waals surface area contributed by atoms with Gasteiger partial charge in [-0.25, -0.2) is 0 Å². The Labute approximate surface area is 129 Å². The summed E-state index contributed by atoms with van der Waals surface area (Å²) in [6, 6.07) is 11.5. The molecule has 4 rings (SSSR count). The smallest absolute Gasteiger partial charge is 0.276 e. The Bertz CT molecular complexity index is 674. The van der Waals surface area contributed by atoms with E-state index in [1.165, 1.54) is 0 Å². The molecule has 1 N–H and O–H groups in total. The fourth-order valence-electron chi connectivity index (χ4n) is 3.53. The van der Waals surface area contributed by atoms with Crippen molar-refractivity contribution in [2.24, 2.45) is 5.41 Å². The molecule has 1 aromatic carbocycles. The third-order valence-electron chi connectivity index (χ3n) is 4.85. The Morgan fingerprint density at radius 3 is 2.91 bits per heavy atom. The van der Waals surface area contributed by atoms with E-state index in [0.29, 0.717) is 11.5 Å². The molecule has 5 heteroatoms. The summed E-state index contributed by atoms with van der Waals surface area (Å²) in [5, 5.41) is 7.38. The zero-order valence-corrected chi connectivity index (χ0v) is 12.4. The van der Waals surface area contributed by atoms with Crippen LogP contribution in [0.1, 0.15) is 23.3 Å². The minimum absolute atomic E-state index is 0.0188. The molecule has 1 aromatic heterocycles. The third kappa shape index (κ3) is 2.31. The van der Waals surface area contributed by atoms with Gasteiger partial charge in [0.15, 0.2) is 11.5 Å². The Kier molecular flexibility index (Phi) is 3.22. The van der Waals surface area contributed by atoms with Crippen LogP contribution in [0.5, 0.6) is 0 Å². The highest BCUT2D eigenvalue weighted by molar-refractivity contribution is 5.93. The zero-order valence-electron chi connectivity index (χ0n) is 12.4. The van der Waals surface area contributed by atoms with Crippen LogP contribution in [0.2, 0.25) is 0 Å². The quantitative estimate of drug-likeness (QED) is 0.923. The third-order valence-corrected chi connectivity index (χ3v) is 4.85. The molecule has 3 heterocycles. The van der Waals surface area contributed by atoms with E-state index in [2.05, 4.69) is 10.5 Å². The van der Waals surface area contributed by atoms with Crippen molar-refractivity contribution >= 4 is 5.91 Å². The fourth-order valence-corrected chi connectivity index (χ4v) is 3.53. The lowest BCUT2D eigenvalue weighted by molar-refractivity contribution is 0.0765. The SMILES string of the molecule is O=C(c1cc(-c2ccccc2)on1)N1CCC2(CCNC2)C1. The summed E-state index contributed by atoms with van der Waals surface area (Å²) < 4.78 is 5.34. The second kappa shape index (κ2) is 5.25. The molecule has 1 atom stereocenters. The number of amides is 1. The molecule has 1 amide bonds. The maximum Gasteiger partial charge on any atom is 0.276 e. The van der Waals surface area contributed by atoms with Crippen LogP contribution >= 0.6 is 0 Å². The number of hydrogen-bond acceptors (Lipinski definition) is 4. The van der Waals surface area contributed by atoms with Crippen LogP contribution in [0.25, 0.3) is 11.3 Å². The van der Waals surface area contributed by atoms with Gasteiger partial charge in [0.25, 0.3) is 5.91 Å². The fraction of sp³-hybridized carbons (Fsp3) is 0.412. The molecule has 1 spiro atoms. The molecule has 2 saturated heterocycles. The van der Waals surface area contributed by atoms with Gasteiger partial charge in [0.1, 0.15) is 0 Å². The molecule has 22 heavy (non-hydrogen) atoms. The normalized spacial score (nSPS) is 24.3. The summed E-state index contributed by atoms with van der Waals surface area (Å²) in [5.41, 5.74) is 1.62. The monoisotopic (exact) mass is 297 g/mol. The number of likely N-dealkylation sites (tertiary alicyclic amines) is 1. The zero-order chi connectivity index (χ0) is 15.0. The van der Waals surface area contributed by atoms with Crippen molar-refractivity contribution in [1.29, 1.82) is 0 Å². The number of benzene rings is 1.